The molecule has 0 spiro atoms. The summed E-state index contributed by atoms with van der Waals surface area (Å²) >= 11 is 0. The van der Waals surface area contributed by atoms with E-state index in [1.807, 2.05) is 6.92 Å². The molecule has 0 aliphatic carbocycles. The minimum Gasteiger partial charge on any atom is -0.494 e. The van der Waals surface area contributed by atoms with Gasteiger partial charge in [-0.25, -0.2) is 0 Å². The van der Waals surface area contributed by atoms with Crippen molar-refractivity contribution in [1.29, 1.82) is 0 Å². The molecule has 0 N–H and O–H groups in total. The van der Waals surface area contributed by atoms with Crippen molar-refractivity contribution in [3.8, 4) is 5.75 Å². The molecule has 78 valence electrons. The second-order valence-electron chi connectivity index (χ2n) is 3.77. The van der Waals surface area contributed by atoms with Gasteiger partial charge in [-0.1, -0.05) is 32.9 Å². The van der Waals surface area contributed by atoms with E-state index < -0.39 is 0 Å². The molecule has 1 aromatic rings. The molecule has 1 rings (SSSR count). The van der Waals surface area contributed by atoms with Crippen LogP contribution in [0.2, 0.25) is 0 Å². The highest BCUT2D eigenvalue weighted by atomic mass is 16.5. The van der Waals surface area contributed by atoms with Crippen LogP contribution in [0.15, 0.2) is 18.2 Å². The first-order valence-electron chi connectivity index (χ1n) is 5.45. The maximum Gasteiger partial charge on any atom is 0.122 e. The van der Waals surface area contributed by atoms with Crippen LogP contribution in [0.5, 0.6) is 5.75 Å². The van der Waals surface area contributed by atoms with Gasteiger partial charge in [-0.2, -0.15) is 0 Å². The Hall–Kier alpha value is -0.980. The van der Waals surface area contributed by atoms with Crippen LogP contribution in [-0.2, 0) is 6.42 Å². The van der Waals surface area contributed by atoms with Gasteiger partial charge in [0.2, 0.25) is 0 Å². The zero-order valence-electron chi connectivity index (χ0n) is 9.63. The summed E-state index contributed by atoms with van der Waals surface area (Å²) in [6.45, 7) is 9.40. The summed E-state index contributed by atoms with van der Waals surface area (Å²) in [4.78, 5) is 0. The number of hydrogen-bond donors (Lipinski definition) is 0. The van der Waals surface area contributed by atoms with Gasteiger partial charge in [0.05, 0.1) is 6.61 Å². The van der Waals surface area contributed by atoms with E-state index in [-0.39, 0.29) is 0 Å². The Balaban J connectivity index is 3.14. The smallest absolute Gasteiger partial charge is 0.122 e. The van der Waals surface area contributed by atoms with Crippen LogP contribution in [0.25, 0.3) is 0 Å². The minimum absolute atomic E-state index is 0.535. The summed E-state index contributed by atoms with van der Waals surface area (Å²) in [5.74, 6) is 1.59. The molecule has 14 heavy (non-hydrogen) atoms. The fraction of sp³-hybridized carbons (Fsp3) is 0.538. The largest absolute Gasteiger partial charge is 0.494 e. The van der Waals surface area contributed by atoms with Crippen molar-refractivity contribution in [3.63, 3.8) is 0 Å². The molecule has 1 nitrogen and oxygen atoms in total. The molecule has 0 saturated carbocycles. The molecule has 0 aliphatic rings. The number of rotatable bonds is 4. The Bertz CT molecular complexity index is 289. The van der Waals surface area contributed by atoms with Gasteiger partial charge >= 0.3 is 0 Å². The first-order valence-corrected chi connectivity index (χ1v) is 5.45. The minimum atomic E-state index is 0.535. The predicted molar refractivity (Wildman–Crippen MR) is 61.1 cm³/mol. The Morgan fingerprint density at radius 1 is 1.21 bits per heavy atom. The first-order chi connectivity index (χ1) is 6.70. The molecule has 0 amide bonds. The van der Waals surface area contributed by atoms with Crippen molar-refractivity contribution in [2.75, 3.05) is 6.61 Å². The zero-order chi connectivity index (χ0) is 10.6. The number of ether oxygens (including phenoxy) is 1. The third-order valence-corrected chi connectivity index (χ3v) is 2.41. The number of hydrogen-bond acceptors (Lipinski definition) is 1. The molecule has 0 atom stereocenters. The Kier molecular flexibility index (Phi) is 3.99. The molecule has 0 heterocycles. The fourth-order valence-corrected chi connectivity index (χ4v) is 1.83. The van der Waals surface area contributed by atoms with E-state index >= 15 is 0 Å². The predicted octanol–water partition coefficient (Wildman–Crippen LogP) is 3.77. The lowest BCUT2D eigenvalue weighted by molar-refractivity contribution is 0.334. The van der Waals surface area contributed by atoms with Crippen LogP contribution in [0.4, 0.5) is 0 Å². The summed E-state index contributed by atoms with van der Waals surface area (Å²) in [7, 11) is 0. The van der Waals surface area contributed by atoms with Crippen LogP contribution in [0.1, 0.15) is 44.7 Å². The molecule has 0 aromatic heterocycles. The van der Waals surface area contributed by atoms with Gasteiger partial charge in [-0.15, -0.1) is 0 Å². The first kappa shape index (κ1) is 11.1. The molecule has 0 aliphatic heterocycles. The average molecular weight is 192 g/mol. The number of aryl methyl sites for hydroxylation is 1. The van der Waals surface area contributed by atoms with Gasteiger partial charge < -0.3 is 4.74 Å². The van der Waals surface area contributed by atoms with E-state index in [0.717, 1.165) is 18.8 Å². The van der Waals surface area contributed by atoms with E-state index in [1.165, 1.54) is 11.1 Å². The average Bonchev–Trinajstić information content (AvgIpc) is 2.17. The Morgan fingerprint density at radius 2 is 1.93 bits per heavy atom. The van der Waals surface area contributed by atoms with E-state index in [0.29, 0.717) is 5.92 Å². The van der Waals surface area contributed by atoms with Gasteiger partial charge in [0, 0.05) is 0 Å². The summed E-state index contributed by atoms with van der Waals surface area (Å²) in [5, 5.41) is 0. The normalized spacial score (nSPS) is 10.6. The van der Waals surface area contributed by atoms with Gasteiger partial charge in [0.25, 0.3) is 0 Å². The molecule has 0 bridgehead atoms. The summed E-state index contributed by atoms with van der Waals surface area (Å²) < 4.78 is 5.64. The second-order valence-corrected chi connectivity index (χ2v) is 3.77. The highest BCUT2D eigenvalue weighted by molar-refractivity contribution is 5.42. The molecule has 0 unspecified atom stereocenters. The van der Waals surface area contributed by atoms with Crippen molar-refractivity contribution in [1.82, 2.24) is 0 Å². The monoisotopic (exact) mass is 192 g/mol. The standard InChI is InChI=1S/C13H20O/c1-5-11-8-7-9-12(14-6-2)13(11)10(3)4/h7-10H,5-6H2,1-4H3. The molecule has 0 radical (unpaired) electrons. The Labute approximate surface area is 87.1 Å². The highest BCUT2D eigenvalue weighted by Crippen LogP contribution is 2.30. The van der Waals surface area contributed by atoms with Crippen molar-refractivity contribution in [3.05, 3.63) is 29.3 Å². The van der Waals surface area contributed by atoms with Gasteiger partial charge in [0.15, 0.2) is 0 Å². The maximum atomic E-state index is 5.64. The van der Waals surface area contributed by atoms with Gasteiger partial charge in [0.1, 0.15) is 5.75 Å². The second kappa shape index (κ2) is 5.04. The zero-order valence-corrected chi connectivity index (χ0v) is 9.63. The van der Waals surface area contributed by atoms with Crippen LogP contribution in [0, 0.1) is 0 Å². The lowest BCUT2D eigenvalue weighted by atomic mass is 9.95. The topological polar surface area (TPSA) is 9.23 Å². The van der Waals surface area contributed by atoms with Crippen LogP contribution in [-0.4, -0.2) is 6.61 Å². The molecular weight excluding hydrogens is 172 g/mol. The third-order valence-electron chi connectivity index (χ3n) is 2.41. The number of benzene rings is 1. The molecule has 0 fully saturated rings. The third kappa shape index (κ3) is 2.28. The van der Waals surface area contributed by atoms with E-state index in [2.05, 4.69) is 39.0 Å². The quantitative estimate of drug-likeness (QED) is 0.705. The summed E-state index contributed by atoms with van der Waals surface area (Å²) in [6, 6.07) is 6.34. The maximum absolute atomic E-state index is 5.64. The van der Waals surface area contributed by atoms with E-state index in [4.69, 9.17) is 4.74 Å². The Morgan fingerprint density at radius 3 is 2.43 bits per heavy atom. The summed E-state index contributed by atoms with van der Waals surface area (Å²) in [6.07, 6.45) is 1.08. The lowest BCUT2D eigenvalue weighted by Crippen LogP contribution is -2.01. The van der Waals surface area contributed by atoms with Crippen LogP contribution < -0.4 is 4.74 Å². The van der Waals surface area contributed by atoms with E-state index in [9.17, 15) is 0 Å². The summed E-state index contributed by atoms with van der Waals surface area (Å²) in [5.41, 5.74) is 2.78. The SMILES string of the molecule is CCOc1cccc(CC)c1C(C)C. The molecule has 1 aromatic carbocycles. The van der Waals surface area contributed by atoms with E-state index in [1.54, 1.807) is 0 Å². The fourth-order valence-electron chi connectivity index (χ4n) is 1.83. The molecular formula is C13H20O. The van der Waals surface area contributed by atoms with Crippen molar-refractivity contribution < 1.29 is 4.74 Å². The van der Waals surface area contributed by atoms with Gasteiger partial charge in [-0.05, 0) is 36.5 Å². The van der Waals surface area contributed by atoms with Crippen molar-refractivity contribution >= 4 is 0 Å². The van der Waals surface area contributed by atoms with Crippen LogP contribution >= 0.6 is 0 Å². The lowest BCUT2D eigenvalue weighted by Gasteiger charge is -2.16. The van der Waals surface area contributed by atoms with Crippen molar-refractivity contribution in [2.24, 2.45) is 0 Å². The molecule has 0 saturated heterocycles. The van der Waals surface area contributed by atoms with Gasteiger partial charge in [-0.3, -0.25) is 0 Å². The highest BCUT2D eigenvalue weighted by Gasteiger charge is 2.11. The molecule has 1 heteroatoms. The van der Waals surface area contributed by atoms with Crippen LogP contribution in [0.3, 0.4) is 0 Å². The van der Waals surface area contributed by atoms with Crippen molar-refractivity contribution in [2.45, 2.75) is 40.0 Å².